The number of ether oxygens (including phenoxy) is 1. The third-order valence-electron chi connectivity index (χ3n) is 4.04. The van der Waals surface area contributed by atoms with Gasteiger partial charge in [-0.15, -0.1) is 0 Å². The molecule has 1 saturated heterocycles. The van der Waals surface area contributed by atoms with Crippen LogP contribution in [-0.4, -0.2) is 66.5 Å². The molecule has 0 unspecified atom stereocenters. The van der Waals surface area contributed by atoms with E-state index in [9.17, 15) is 9.59 Å². The number of aromatic nitrogens is 1. The van der Waals surface area contributed by atoms with Crippen molar-refractivity contribution in [1.82, 2.24) is 14.8 Å². The molecule has 3 rings (SSSR count). The largest absolute Gasteiger partial charge is 0.375 e. The molecule has 0 radical (unpaired) electrons. The third kappa shape index (κ3) is 3.32. The minimum absolute atomic E-state index is 0.00501. The molecule has 0 atom stereocenters. The van der Waals surface area contributed by atoms with Crippen LogP contribution < -0.4 is 0 Å². The van der Waals surface area contributed by atoms with Crippen LogP contribution in [0.4, 0.5) is 0 Å². The molecule has 2 amide bonds. The molecule has 2 aromatic rings. The lowest BCUT2D eigenvalue weighted by Gasteiger charge is -2.34. The van der Waals surface area contributed by atoms with Gasteiger partial charge in [0, 0.05) is 50.4 Å². The fraction of sp³-hybridized carbons (Fsp3) is 0.353. The predicted molar refractivity (Wildman–Crippen MR) is 86.1 cm³/mol. The van der Waals surface area contributed by atoms with Crippen molar-refractivity contribution >= 4 is 22.7 Å². The van der Waals surface area contributed by atoms with Gasteiger partial charge in [0.2, 0.25) is 5.91 Å². The normalized spacial score (nSPS) is 15.0. The molecule has 0 saturated carbocycles. The van der Waals surface area contributed by atoms with E-state index in [0.29, 0.717) is 31.7 Å². The molecular weight excluding hydrogens is 294 g/mol. The molecule has 0 bridgehead atoms. The summed E-state index contributed by atoms with van der Waals surface area (Å²) in [6.45, 7) is 2.26. The summed E-state index contributed by atoms with van der Waals surface area (Å²) in [6.07, 6.45) is 1.74. The number of carbonyl (C=O) groups excluding carboxylic acids is 2. The summed E-state index contributed by atoms with van der Waals surface area (Å²) in [6, 6.07) is 9.34. The van der Waals surface area contributed by atoms with Gasteiger partial charge in [-0.2, -0.15) is 0 Å². The fourth-order valence-electron chi connectivity index (χ4n) is 2.76. The first-order valence-electron chi connectivity index (χ1n) is 7.60. The second kappa shape index (κ2) is 6.75. The highest BCUT2D eigenvalue weighted by molar-refractivity contribution is 5.98. The Morgan fingerprint density at radius 1 is 1.13 bits per heavy atom. The molecule has 1 aromatic heterocycles. The fourth-order valence-corrected chi connectivity index (χ4v) is 2.76. The van der Waals surface area contributed by atoms with E-state index in [1.54, 1.807) is 22.1 Å². The van der Waals surface area contributed by atoms with Crippen molar-refractivity contribution in [3.05, 3.63) is 42.1 Å². The van der Waals surface area contributed by atoms with Crippen molar-refractivity contribution in [3.8, 4) is 0 Å². The van der Waals surface area contributed by atoms with Crippen LogP contribution in [0.1, 0.15) is 10.4 Å². The van der Waals surface area contributed by atoms with Gasteiger partial charge in [-0.05, 0) is 24.3 Å². The summed E-state index contributed by atoms with van der Waals surface area (Å²) in [5.74, 6) is -0.0361. The Labute approximate surface area is 134 Å². The van der Waals surface area contributed by atoms with Crippen LogP contribution in [0.3, 0.4) is 0 Å². The SMILES string of the molecule is COCC(=O)N1CCN(C(=O)c2ccc3ncccc3c2)CC1. The summed E-state index contributed by atoms with van der Waals surface area (Å²) < 4.78 is 4.86. The standard InChI is InChI=1S/C17H19N3O3/c1-23-12-16(21)19-7-9-20(10-8-19)17(22)14-4-5-15-13(11-14)3-2-6-18-15/h2-6,11H,7-10,12H2,1H3. The van der Waals surface area contributed by atoms with E-state index in [0.717, 1.165) is 10.9 Å². The molecule has 0 spiro atoms. The topological polar surface area (TPSA) is 62.7 Å². The van der Waals surface area contributed by atoms with Gasteiger partial charge in [0.1, 0.15) is 6.61 Å². The van der Waals surface area contributed by atoms with Gasteiger partial charge in [-0.3, -0.25) is 14.6 Å². The van der Waals surface area contributed by atoms with Crippen molar-refractivity contribution in [2.45, 2.75) is 0 Å². The van der Waals surface area contributed by atoms with Crippen molar-refractivity contribution in [1.29, 1.82) is 0 Å². The minimum atomic E-state index is -0.0311. The molecule has 120 valence electrons. The number of piperazine rings is 1. The Morgan fingerprint density at radius 3 is 2.61 bits per heavy atom. The Balaban J connectivity index is 1.67. The second-order valence-electron chi connectivity index (χ2n) is 5.52. The molecule has 2 heterocycles. The maximum Gasteiger partial charge on any atom is 0.253 e. The number of nitrogens with zero attached hydrogens (tertiary/aromatic N) is 3. The molecule has 0 aliphatic carbocycles. The zero-order valence-electron chi connectivity index (χ0n) is 13.1. The number of benzene rings is 1. The van der Waals surface area contributed by atoms with Gasteiger partial charge in [-0.1, -0.05) is 6.07 Å². The monoisotopic (exact) mass is 313 g/mol. The lowest BCUT2D eigenvalue weighted by atomic mass is 10.1. The molecule has 1 aromatic carbocycles. The van der Waals surface area contributed by atoms with Crippen LogP contribution in [0.2, 0.25) is 0 Å². The van der Waals surface area contributed by atoms with Crippen LogP contribution in [0, 0.1) is 0 Å². The van der Waals surface area contributed by atoms with Gasteiger partial charge in [0.25, 0.3) is 5.91 Å². The maximum absolute atomic E-state index is 12.6. The Kier molecular flexibility index (Phi) is 4.52. The van der Waals surface area contributed by atoms with Crippen LogP contribution in [0.15, 0.2) is 36.5 Å². The first kappa shape index (κ1) is 15.4. The van der Waals surface area contributed by atoms with Crippen LogP contribution >= 0.6 is 0 Å². The number of hydrogen-bond acceptors (Lipinski definition) is 4. The molecule has 6 nitrogen and oxygen atoms in total. The number of pyridine rings is 1. The Bertz CT molecular complexity index is 724. The van der Waals surface area contributed by atoms with Gasteiger partial charge in [0.15, 0.2) is 0 Å². The third-order valence-corrected chi connectivity index (χ3v) is 4.04. The van der Waals surface area contributed by atoms with E-state index in [2.05, 4.69) is 4.98 Å². The highest BCUT2D eigenvalue weighted by Gasteiger charge is 2.24. The van der Waals surface area contributed by atoms with E-state index >= 15 is 0 Å². The smallest absolute Gasteiger partial charge is 0.253 e. The highest BCUT2D eigenvalue weighted by Crippen LogP contribution is 2.16. The molecule has 1 fully saturated rings. The van der Waals surface area contributed by atoms with Gasteiger partial charge < -0.3 is 14.5 Å². The van der Waals surface area contributed by atoms with E-state index in [-0.39, 0.29) is 18.4 Å². The van der Waals surface area contributed by atoms with Crippen molar-refractivity contribution in [3.63, 3.8) is 0 Å². The van der Waals surface area contributed by atoms with Crippen molar-refractivity contribution in [2.24, 2.45) is 0 Å². The van der Waals surface area contributed by atoms with Crippen LogP contribution in [-0.2, 0) is 9.53 Å². The lowest BCUT2D eigenvalue weighted by molar-refractivity contribution is -0.136. The van der Waals surface area contributed by atoms with E-state index < -0.39 is 0 Å². The van der Waals surface area contributed by atoms with E-state index in [4.69, 9.17) is 4.74 Å². The lowest BCUT2D eigenvalue weighted by Crippen LogP contribution is -2.51. The number of carbonyl (C=O) groups is 2. The van der Waals surface area contributed by atoms with Gasteiger partial charge >= 0.3 is 0 Å². The summed E-state index contributed by atoms with van der Waals surface area (Å²) in [4.78, 5) is 32.2. The summed E-state index contributed by atoms with van der Waals surface area (Å²) in [5.41, 5.74) is 1.53. The van der Waals surface area contributed by atoms with E-state index in [1.165, 1.54) is 7.11 Å². The number of rotatable bonds is 3. The quantitative estimate of drug-likeness (QED) is 0.853. The predicted octanol–water partition coefficient (Wildman–Crippen LogP) is 1.17. The summed E-state index contributed by atoms with van der Waals surface area (Å²) >= 11 is 0. The summed E-state index contributed by atoms with van der Waals surface area (Å²) in [5, 5.41) is 0.951. The summed E-state index contributed by atoms with van der Waals surface area (Å²) in [7, 11) is 1.51. The molecule has 0 N–H and O–H groups in total. The zero-order valence-corrected chi connectivity index (χ0v) is 13.1. The first-order valence-corrected chi connectivity index (χ1v) is 7.60. The number of amides is 2. The number of fused-ring (bicyclic) bond motifs is 1. The number of methoxy groups -OCH3 is 1. The molecule has 6 heteroatoms. The molecular formula is C17H19N3O3. The highest BCUT2D eigenvalue weighted by atomic mass is 16.5. The second-order valence-corrected chi connectivity index (χ2v) is 5.52. The van der Waals surface area contributed by atoms with E-state index in [1.807, 2.05) is 24.3 Å². The number of hydrogen-bond donors (Lipinski definition) is 0. The molecule has 1 aliphatic rings. The van der Waals surface area contributed by atoms with Gasteiger partial charge in [0.05, 0.1) is 5.52 Å². The minimum Gasteiger partial charge on any atom is -0.375 e. The maximum atomic E-state index is 12.6. The Hall–Kier alpha value is -2.47. The average molecular weight is 313 g/mol. The zero-order chi connectivity index (χ0) is 16.2. The first-order chi connectivity index (χ1) is 11.2. The molecule has 23 heavy (non-hydrogen) atoms. The molecule has 1 aliphatic heterocycles. The van der Waals surface area contributed by atoms with Crippen molar-refractivity contribution in [2.75, 3.05) is 39.9 Å². The van der Waals surface area contributed by atoms with Crippen LogP contribution in [0.25, 0.3) is 10.9 Å². The average Bonchev–Trinajstić information content (AvgIpc) is 2.61. The van der Waals surface area contributed by atoms with Crippen LogP contribution in [0.5, 0.6) is 0 Å². The van der Waals surface area contributed by atoms with Gasteiger partial charge in [-0.25, -0.2) is 0 Å². The Morgan fingerprint density at radius 2 is 1.87 bits per heavy atom. The van der Waals surface area contributed by atoms with Crippen molar-refractivity contribution < 1.29 is 14.3 Å².